The van der Waals surface area contributed by atoms with Gasteiger partial charge in [0.2, 0.25) is 0 Å². The van der Waals surface area contributed by atoms with Gasteiger partial charge in [0, 0.05) is 12.7 Å². The number of carbonyl (C=O) groups excluding carboxylic acids is 1. The first kappa shape index (κ1) is 12.3. The molecule has 1 heterocycles. The van der Waals surface area contributed by atoms with Gasteiger partial charge in [-0.15, -0.1) is 0 Å². The zero-order valence-corrected chi connectivity index (χ0v) is 10.3. The van der Waals surface area contributed by atoms with Crippen molar-refractivity contribution in [1.82, 2.24) is 9.78 Å². The Morgan fingerprint density at radius 1 is 1.44 bits per heavy atom. The van der Waals surface area contributed by atoms with Crippen molar-refractivity contribution in [3.63, 3.8) is 0 Å². The van der Waals surface area contributed by atoms with Crippen molar-refractivity contribution in [3.05, 3.63) is 47.5 Å². The molecule has 1 aromatic carbocycles. The average Bonchev–Trinajstić information content (AvgIpc) is 2.82. The minimum absolute atomic E-state index is 0.172. The lowest BCUT2D eigenvalue weighted by molar-refractivity contribution is 0.102. The van der Waals surface area contributed by atoms with Gasteiger partial charge in [-0.2, -0.15) is 5.10 Å². The number of carbonyl (C=O) groups is 1. The van der Waals surface area contributed by atoms with Gasteiger partial charge in [-0.25, -0.2) is 4.39 Å². The van der Waals surface area contributed by atoms with E-state index in [4.69, 9.17) is 0 Å². The van der Waals surface area contributed by atoms with E-state index in [9.17, 15) is 9.18 Å². The average molecular weight is 247 g/mol. The van der Waals surface area contributed by atoms with Crippen molar-refractivity contribution in [1.29, 1.82) is 0 Å². The summed E-state index contributed by atoms with van der Waals surface area (Å²) in [5.41, 5.74) is 1.33. The Morgan fingerprint density at radius 2 is 2.22 bits per heavy atom. The second kappa shape index (κ2) is 5.00. The highest BCUT2D eigenvalue weighted by Gasteiger charge is 2.11. The summed E-state index contributed by atoms with van der Waals surface area (Å²) in [6.45, 7) is 4.45. The van der Waals surface area contributed by atoms with Crippen LogP contribution in [0.15, 0.2) is 30.5 Å². The van der Waals surface area contributed by atoms with Crippen molar-refractivity contribution >= 4 is 11.6 Å². The van der Waals surface area contributed by atoms with Gasteiger partial charge in [0.15, 0.2) is 5.69 Å². The lowest BCUT2D eigenvalue weighted by Gasteiger charge is -2.05. The first-order chi connectivity index (χ1) is 8.60. The van der Waals surface area contributed by atoms with Gasteiger partial charge in [0.25, 0.3) is 5.91 Å². The summed E-state index contributed by atoms with van der Waals surface area (Å²) >= 11 is 0. The quantitative estimate of drug-likeness (QED) is 0.906. The Hall–Kier alpha value is -2.17. The molecule has 0 saturated carbocycles. The number of aryl methyl sites for hydroxylation is 2. The minimum atomic E-state index is -0.455. The maximum absolute atomic E-state index is 13.5. The molecule has 0 spiro atoms. The highest BCUT2D eigenvalue weighted by Crippen LogP contribution is 2.16. The minimum Gasteiger partial charge on any atom is -0.318 e. The van der Waals surface area contributed by atoms with Crippen LogP contribution >= 0.6 is 0 Å². The van der Waals surface area contributed by atoms with Gasteiger partial charge in [-0.05, 0) is 37.6 Å². The van der Waals surface area contributed by atoms with Crippen molar-refractivity contribution in [3.8, 4) is 0 Å². The molecule has 1 N–H and O–H groups in total. The summed E-state index contributed by atoms with van der Waals surface area (Å²) < 4.78 is 15.1. The maximum Gasteiger partial charge on any atom is 0.276 e. The maximum atomic E-state index is 13.5. The molecule has 0 unspecified atom stereocenters. The van der Waals surface area contributed by atoms with Crippen LogP contribution in [-0.2, 0) is 6.54 Å². The molecule has 0 saturated heterocycles. The number of benzene rings is 1. The third kappa shape index (κ3) is 2.56. The lowest BCUT2D eigenvalue weighted by atomic mass is 10.2. The molecule has 2 aromatic rings. The smallest absolute Gasteiger partial charge is 0.276 e. The fourth-order valence-electron chi connectivity index (χ4n) is 1.58. The van der Waals surface area contributed by atoms with Crippen LogP contribution in [0.2, 0.25) is 0 Å². The Morgan fingerprint density at radius 3 is 2.89 bits per heavy atom. The third-order valence-electron chi connectivity index (χ3n) is 2.57. The van der Waals surface area contributed by atoms with Gasteiger partial charge >= 0.3 is 0 Å². The summed E-state index contributed by atoms with van der Waals surface area (Å²) in [7, 11) is 0. The van der Waals surface area contributed by atoms with Gasteiger partial charge < -0.3 is 5.32 Å². The lowest BCUT2D eigenvalue weighted by Crippen LogP contribution is -2.14. The fraction of sp³-hybridized carbons (Fsp3) is 0.231. The summed E-state index contributed by atoms with van der Waals surface area (Å²) in [5, 5.41) is 6.57. The molecule has 2 rings (SSSR count). The molecule has 1 aromatic heterocycles. The second-order valence-electron chi connectivity index (χ2n) is 3.99. The Bertz CT molecular complexity index is 577. The Balaban J connectivity index is 2.18. The summed E-state index contributed by atoms with van der Waals surface area (Å²) in [4.78, 5) is 11.9. The van der Waals surface area contributed by atoms with E-state index in [1.807, 2.05) is 13.8 Å². The SMILES string of the molecule is CCn1ccc(C(=O)Nc2cc(C)ccc2F)n1. The van der Waals surface area contributed by atoms with Crippen molar-refractivity contribution in [2.45, 2.75) is 20.4 Å². The number of anilines is 1. The number of halogens is 1. The monoisotopic (exact) mass is 247 g/mol. The van der Waals surface area contributed by atoms with Gasteiger partial charge in [0.1, 0.15) is 5.82 Å². The Labute approximate surface area is 104 Å². The number of nitrogens with zero attached hydrogens (tertiary/aromatic N) is 2. The molecule has 18 heavy (non-hydrogen) atoms. The molecule has 0 aliphatic heterocycles. The van der Waals surface area contributed by atoms with E-state index in [2.05, 4.69) is 10.4 Å². The number of amides is 1. The van der Waals surface area contributed by atoms with Crippen LogP contribution in [0.5, 0.6) is 0 Å². The molecule has 94 valence electrons. The first-order valence-electron chi connectivity index (χ1n) is 5.71. The molecular formula is C13H14FN3O. The number of hydrogen-bond donors (Lipinski definition) is 1. The highest BCUT2D eigenvalue weighted by molar-refractivity contribution is 6.02. The summed E-state index contributed by atoms with van der Waals surface area (Å²) in [5.74, 6) is -0.865. The number of hydrogen-bond acceptors (Lipinski definition) is 2. The molecule has 4 nitrogen and oxygen atoms in total. The molecule has 0 bridgehead atoms. The van der Waals surface area contributed by atoms with Crippen LogP contribution in [0.1, 0.15) is 23.0 Å². The van der Waals surface area contributed by atoms with Crippen LogP contribution in [-0.4, -0.2) is 15.7 Å². The van der Waals surface area contributed by atoms with Gasteiger partial charge in [-0.1, -0.05) is 6.07 Å². The summed E-state index contributed by atoms with van der Waals surface area (Å²) in [6, 6.07) is 6.17. The predicted octanol–water partition coefficient (Wildman–Crippen LogP) is 2.60. The normalized spacial score (nSPS) is 10.4. The molecule has 0 radical (unpaired) electrons. The van der Waals surface area contributed by atoms with Gasteiger partial charge in [-0.3, -0.25) is 9.48 Å². The van der Waals surface area contributed by atoms with Crippen LogP contribution in [0.3, 0.4) is 0 Å². The number of nitrogens with one attached hydrogen (secondary N) is 1. The van der Waals surface area contributed by atoms with E-state index in [1.165, 1.54) is 6.07 Å². The zero-order chi connectivity index (χ0) is 13.1. The molecule has 0 aliphatic rings. The summed E-state index contributed by atoms with van der Waals surface area (Å²) in [6.07, 6.45) is 1.71. The second-order valence-corrected chi connectivity index (χ2v) is 3.99. The standard InChI is InChI=1S/C13H14FN3O/c1-3-17-7-6-11(16-17)13(18)15-12-8-9(2)4-5-10(12)14/h4-8H,3H2,1-2H3,(H,15,18). The van der Waals surface area contributed by atoms with Crippen LogP contribution in [0.4, 0.5) is 10.1 Å². The van der Waals surface area contributed by atoms with Crippen molar-refractivity contribution < 1.29 is 9.18 Å². The van der Waals surface area contributed by atoms with Gasteiger partial charge in [0.05, 0.1) is 5.69 Å². The number of aromatic nitrogens is 2. The van der Waals surface area contributed by atoms with Crippen LogP contribution < -0.4 is 5.32 Å². The number of rotatable bonds is 3. The van der Waals surface area contributed by atoms with E-state index in [0.717, 1.165) is 5.56 Å². The first-order valence-corrected chi connectivity index (χ1v) is 5.71. The molecule has 0 fully saturated rings. The van der Waals surface area contributed by atoms with E-state index in [1.54, 1.807) is 29.1 Å². The van der Waals surface area contributed by atoms with E-state index in [-0.39, 0.29) is 11.4 Å². The Kier molecular flexibility index (Phi) is 3.41. The van der Waals surface area contributed by atoms with Crippen LogP contribution in [0.25, 0.3) is 0 Å². The fourth-order valence-corrected chi connectivity index (χ4v) is 1.58. The topological polar surface area (TPSA) is 46.9 Å². The van der Waals surface area contributed by atoms with E-state index >= 15 is 0 Å². The molecule has 0 aliphatic carbocycles. The highest BCUT2D eigenvalue weighted by atomic mass is 19.1. The zero-order valence-electron chi connectivity index (χ0n) is 10.3. The molecular weight excluding hydrogens is 233 g/mol. The van der Waals surface area contributed by atoms with Crippen molar-refractivity contribution in [2.75, 3.05) is 5.32 Å². The predicted molar refractivity (Wildman–Crippen MR) is 67.0 cm³/mol. The largest absolute Gasteiger partial charge is 0.318 e. The van der Waals surface area contributed by atoms with Crippen molar-refractivity contribution in [2.24, 2.45) is 0 Å². The molecule has 1 amide bonds. The van der Waals surface area contributed by atoms with E-state index < -0.39 is 11.7 Å². The van der Waals surface area contributed by atoms with E-state index in [0.29, 0.717) is 6.54 Å². The third-order valence-corrected chi connectivity index (χ3v) is 2.57. The van der Waals surface area contributed by atoms with Crippen LogP contribution in [0, 0.1) is 12.7 Å². The molecule has 5 heteroatoms. The molecule has 0 atom stereocenters.